The molecule has 2 heterocycles. The molecule has 3 atom stereocenters. The molecule has 0 saturated carbocycles. The molecule has 0 spiro atoms. The Hall–Kier alpha value is -1.20. The summed E-state index contributed by atoms with van der Waals surface area (Å²) in [5.41, 5.74) is 0.861. The Morgan fingerprint density at radius 2 is 2.24 bits per heavy atom. The molecule has 1 fully saturated rings. The van der Waals surface area contributed by atoms with Crippen LogP contribution in [0.3, 0.4) is 0 Å². The van der Waals surface area contributed by atoms with Crippen molar-refractivity contribution in [2.45, 2.75) is 25.5 Å². The molecule has 0 radical (unpaired) electrons. The SMILES string of the molecule is CNC(c1nccnc1OC)C1CCOC1C. The van der Waals surface area contributed by atoms with Crippen LogP contribution in [0.4, 0.5) is 0 Å². The molecule has 1 saturated heterocycles. The van der Waals surface area contributed by atoms with Crippen LogP contribution in [0.15, 0.2) is 12.4 Å². The van der Waals surface area contributed by atoms with Gasteiger partial charge in [-0.15, -0.1) is 0 Å². The summed E-state index contributed by atoms with van der Waals surface area (Å²) in [6.45, 7) is 2.91. The van der Waals surface area contributed by atoms with Gasteiger partial charge in [0.2, 0.25) is 5.88 Å². The lowest BCUT2D eigenvalue weighted by Gasteiger charge is -2.25. The van der Waals surface area contributed by atoms with Gasteiger partial charge in [0, 0.05) is 24.9 Å². The number of nitrogens with one attached hydrogen (secondary N) is 1. The van der Waals surface area contributed by atoms with Gasteiger partial charge in [-0.3, -0.25) is 4.98 Å². The second-order valence-electron chi connectivity index (χ2n) is 4.25. The molecule has 1 aromatic rings. The summed E-state index contributed by atoms with van der Waals surface area (Å²) >= 11 is 0. The topological polar surface area (TPSA) is 56.3 Å². The lowest BCUT2D eigenvalue weighted by molar-refractivity contribution is 0.0954. The van der Waals surface area contributed by atoms with Crippen LogP contribution in [0.25, 0.3) is 0 Å². The zero-order valence-electron chi connectivity index (χ0n) is 10.5. The van der Waals surface area contributed by atoms with E-state index in [1.165, 1.54) is 0 Å². The van der Waals surface area contributed by atoms with Gasteiger partial charge in [-0.1, -0.05) is 0 Å². The van der Waals surface area contributed by atoms with E-state index < -0.39 is 0 Å². The van der Waals surface area contributed by atoms with Gasteiger partial charge in [-0.2, -0.15) is 0 Å². The van der Waals surface area contributed by atoms with Crippen molar-refractivity contribution in [2.24, 2.45) is 5.92 Å². The molecule has 17 heavy (non-hydrogen) atoms. The fraction of sp³-hybridized carbons (Fsp3) is 0.667. The first-order valence-electron chi connectivity index (χ1n) is 5.91. The highest BCUT2D eigenvalue weighted by Gasteiger charge is 2.34. The molecule has 0 aromatic carbocycles. The normalized spacial score (nSPS) is 25.8. The van der Waals surface area contributed by atoms with Gasteiger partial charge in [0.1, 0.15) is 5.69 Å². The summed E-state index contributed by atoms with van der Waals surface area (Å²) in [7, 11) is 3.55. The first-order chi connectivity index (χ1) is 8.27. The fourth-order valence-electron chi connectivity index (χ4n) is 2.45. The monoisotopic (exact) mass is 237 g/mol. The summed E-state index contributed by atoms with van der Waals surface area (Å²) in [5.74, 6) is 0.997. The van der Waals surface area contributed by atoms with Gasteiger partial charge in [-0.25, -0.2) is 4.98 Å². The zero-order valence-corrected chi connectivity index (χ0v) is 10.5. The number of nitrogens with zero attached hydrogens (tertiary/aromatic N) is 2. The van der Waals surface area contributed by atoms with Crippen molar-refractivity contribution in [3.05, 3.63) is 18.1 Å². The van der Waals surface area contributed by atoms with Gasteiger partial charge in [0.25, 0.3) is 0 Å². The van der Waals surface area contributed by atoms with Crippen LogP contribution in [-0.4, -0.2) is 36.8 Å². The number of ether oxygens (including phenoxy) is 2. The highest BCUT2D eigenvalue weighted by atomic mass is 16.5. The third-order valence-corrected chi connectivity index (χ3v) is 3.35. The number of hydrogen-bond acceptors (Lipinski definition) is 5. The number of aromatic nitrogens is 2. The molecular formula is C12H19N3O2. The Bertz CT molecular complexity index is 373. The third kappa shape index (κ3) is 2.40. The van der Waals surface area contributed by atoms with Gasteiger partial charge in [-0.05, 0) is 20.4 Å². The molecule has 94 valence electrons. The number of hydrogen-bond donors (Lipinski definition) is 1. The first kappa shape index (κ1) is 12.3. The molecule has 0 amide bonds. The van der Waals surface area contributed by atoms with E-state index in [2.05, 4.69) is 22.2 Å². The first-order valence-corrected chi connectivity index (χ1v) is 5.91. The molecule has 1 aliphatic heterocycles. The van der Waals surface area contributed by atoms with Gasteiger partial charge >= 0.3 is 0 Å². The van der Waals surface area contributed by atoms with E-state index in [1.807, 2.05) is 7.05 Å². The summed E-state index contributed by atoms with van der Waals surface area (Å²) in [4.78, 5) is 8.59. The summed E-state index contributed by atoms with van der Waals surface area (Å²) in [6, 6.07) is 0.121. The lowest BCUT2D eigenvalue weighted by atomic mass is 9.91. The largest absolute Gasteiger partial charge is 0.480 e. The lowest BCUT2D eigenvalue weighted by Crippen LogP contribution is -2.30. The van der Waals surface area contributed by atoms with Crippen LogP contribution >= 0.6 is 0 Å². The average molecular weight is 237 g/mol. The van der Waals surface area contributed by atoms with Gasteiger partial charge < -0.3 is 14.8 Å². The quantitative estimate of drug-likeness (QED) is 0.852. The van der Waals surface area contributed by atoms with E-state index in [0.29, 0.717) is 11.8 Å². The Labute approximate surface area is 102 Å². The molecule has 1 N–H and O–H groups in total. The summed E-state index contributed by atoms with van der Waals surface area (Å²) in [6.07, 6.45) is 4.61. The van der Waals surface area contributed by atoms with E-state index in [4.69, 9.17) is 9.47 Å². The molecule has 5 heteroatoms. The predicted octanol–water partition coefficient (Wildman–Crippen LogP) is 1.17. The highest BCUT2D eigenvalue weighted by molar-refractivity contribution is 5.22. The Morgan fingerprint density at radius 3 is 2.82 bits per heavy atom. The zero-order chi connectivity index (χ0) is 12.3. The number of rotatable bonds is 4. The van der Waals surface area contributed by atoms with E-state index in [-0.39, 0.29) is 12.1 Å². The van der Waals surface area contributed by atoms with Crippen molar-refractivity contribution >= 4 is 0 Å². The maximum Gasteiger partial charge on any atom is 0.237 e. The van der Waals surface area contributed by atoms with Crippen molar-refractivity contribution in [1.82, 2.24) is 15.3 Å². The third-order valence-electron chi connectivity index (χ3n) is 3.35. The Balaban J connectivity index is 2.28. The van der Waals surface area contributed by atoms with Crippen LogP contribution in [0.5, 0.6) is 5.88 Å². The Morgan fingerprint density at radius 1 is 1.47 bits per heavy atom. The van der Waals surface area contributed by atoms with Crippen molar-refractivity contribution in [2.75, 3.05) is 20.8 Å². The van der Waals surface area contributed by atoms with Gasteiger partial charge in [0.05, 0.1) is 19.3 Å². The van der Waals surface area contributed by atoms with Crippen LogP contribution in [0, 0.1) is 5.92 Å². The minimum atomic E-state index is 0.121. The summed E-state index contributed by atoms with van der Waals surface area (Å²) < 4.78 is 10.9. The second-order valence-corrected chi connectivity index (χ2v) is 4.25. The van der Waals surface area contributed by atoms with E-state index >= 15 is 0 Å². The van der Waals surface area contributed by atoms with Crippen LogP contribution in [0.2, 0.25) is 0 Å². The van der Waals surface area contributed by atoms with Crippen LogP contribution < -0.4 is 10.1 Å². The molecule has 1 aromatic heterocycles. The molecular weight excluding hydrogens is 218 g/mol. The molecule has 0 aliphatic carbocycles. The predicted molar refractivity (Wildman–Crippen MR) is 63.9 cm³/mol. The molecule has 1 aliphatic rings. The summed E-state index contributed by atoms with van der Waals surface area (Å²) in [5, 5.41) is 3.30. The Kier molecular flexibility index (Phi) is 3.91. The van der Waals surface area contributed by atoms with E-state index in [0.717, 1.165) is 18.7 Å². The minimum Gasteiger partial charge on any atom is -0.480 e. The smallest absolute Gasteiger partial charge is 0.237 e. The number of methoxy groups -OCH3 is 1. The van der Waals surface area contributed by atoms with Gasteiger partial charge in [0.15, 0.2) is 0 Å². The maximum absolute atomic E-state index is 5.61. The van der Waals surface area contributed by atoms with Crippen LogP contribution in [0.1, 0.15) is 25.1 Å². The molecule has 5 nitrogen and oxygen atoms in total. The molecule has 0 bridgehead atoms. The second kappa shape index (κ2) is 5.42. The molecule has 2 rings (SSSR count). The van der Waals surface area contributed by atoms with Crippen molar-refractivity contribution in [1.29, 1.82) is 0 Å². The van der Waals surface area contributed by atoms with Crippen molar-refractivity contribution in [3.8, 4) is 5.88 Å². The van der Waals surface area contributed by atoms with Crippen LogP contribution in [-0.2, 0) is 4.74 Å². The van der Waals surface area contributed by atoms with Crippen molar-refractivity contribution < 1.29 is 9.47 Å². The van der Waals surface area contributed by atoms with Crippen molar-refractivity contribution in [3.63, 3.8) is 0 Å². The standard InChI is InChI=1S/C12H19N3O2/c1-8-9(4-7-17-8)10(13-2)11-12(16-3)15-6-5-14-11/h5-6,8-10,13H,4,7H2,1-3H3. The highest BCUT2D eigenvalue weighted by Crippen LogP contribution is 2.34. The van der Waals surface area contributed by atoms with E-state index in [1.54, 1.807) is 19.5 Å². The average Bonchev–Trinajstić information content (AvgIpc) is 2.78. The maximum atomic E-state index is 5.61. The van der Waals surface area contributed by atoms with E-state index in [9.17, 15) is 0 Å². The minimum absolute atomic E-state index is 0.121. The molecule has 3 unspecified atom stereocenters. The fourth-order valence-corrected chi connectivity index (χ4v) is 2.45.